The summed E-state index contributed by atoms with van der Waals surface area (Å²) in [4.78, 5) is 0. The maximum absolute atomic E-state index is 3.45. The van der Waals surface area contributed by atoms with Crippen LogP contribution in [0, 0.1) is 17.3 Å². The molecule has 0 radical (unpaired) electrons. The minimum absolute atomic E-state index is 0.614. The highest BCUT2D eigenvalue weighted by Gasteiger charge is 2.49. The summed E-state index contributed by atoms with van der Waals surface area (Å²) < 4.78 is 0. The summed E-state index contributed by atoms with van der Waals surface area (Å²) in [7, 11) is 2.10. The van der Waals surface area contributed by atoms with E-state index in [0.717, 1.165) is 17.9 Å². The Morgan fingerprint density at radius 2 is 1.92 bits per heavy atom. The number of rotatable bonds is 4. The molecule has 1 aliphatic carbocycles. The molecular weight excluding hydrogens is 146 g/mol. The number of hydrogen-bond acceptors (Lipinski definition) is 1. The summed E-state index contributed by atoms with van der Waals surface area (Å²) in [6.45, 7) is 9.37. The van der Waals surface area contributed by atoms with E-state index in [4.69, 9.17) is 0 Å². The van der Waals surface area contributed by atoms with Crippen LogP contribution in [0.1, 0.15) is 40.5 Å². The molecule has 0 saturated heterocycles. The van der Waals surface area contributed by atoms with Gasteiger partial charge in [0.2, 0.25) is 0 Å². The van der Waals surface area contributed by atoms with Crippen LogP contribution in [0.15, 0.2) is 0 Å². The lowest BCUT2D eigenvalue weighted by molar-refractivity contribution is 0.366. The van der Waals surface area contributed by atoms with E-state index in [1.807, 2.05) is 0 Å². The molecule has 0 spiro atoms. The highest BCUT2D eigenvalue weighted by atomic mass is 14.9. The molecule has 0 heterocycles. The van der Waals surface area contributed by atoms with Gasteiger partial charge in [-0.15, -0.1) is 0 Å². The average Bonchev–Trinajstić information content (AvgIpc) is 2.54. The molecule has 1 aliphatic rings. The lowest BCUT2D eigenvalue weighted by atomic mass is 9.96. The summed E-state index contributed by atoms with van der Waals surface area (Å²) in [6, 6.07) is 0.750. The Bertz CT molecular complexity index is 149. The highest BCUT2D eigenvalue weighted by Crippen LogP contribution is 2.54. The van der Waals surface area contributed by atoms with Crippen molar-refractivity contribution in [3.63, 3.8) is 0 Å². The van der Waals surface area contributed by atoms with Gasteiger partial charge in [0.15, 0.2) is 0 Å². The zero-order valence-electron chi connectivity index (χ0n) is 9.15. The van der Waals surface area contributed by atoms with Crippen LogP contribution in [-0.4, -0.2) is 13.1 Å². The Morgan fingerprint density at radius 1 is 1.42 bits per heavy atom. The fourth-order valence-electron chi connectivity index (χ4n) is 2.19. The zero-order valence-corrected chi connectivity index (χ0v) is 9.15. The standard InChI is InChI=1S/C11H23N/c1-8(2)6-10(12-5)9-7-11(9,3)4/h8-10,12H,6-7H2,1-5H3. The van der Waals surface area contributed by atoms with Crippen molar-refractivity contribution in [3.05, 3.63) is 0 Å². The summed E-state index contributed by atoms with van der Waals surface area (Å²) in [6.07, 6.45) is 2.73. The molecule has 2 unspecified atom stereocenters. The lowest BCUT2D eigenvalue weighted by Crippen LogP contribution is -2.30. The van der Waals surface area contributed by atoms with Crippen LogP contribution in [0.3, 0.4) is 0 Å². The van der Waals surface area contributed by atoms with E-state index < -0.39 is 0 Å². The third-order valence-corrected chi connectivity index (χ3v) is 3.17. The summed E-state index contributed by atoms with van der Waals surface area (Å²) in [5.41, 5.74) is 0.614. The highest BCUT2D eigenvalue weighted by molar-refractivity contribution is 5.01. The van der Waals surface area contributed by atoms with Crippen LogP contribution >= 0.6 is 0 Å². The first-order chi connectivity index (χ1) is 5.47. The Balaban J connectivity index is 2.37. The van der Waals surface area contributed by atoms with Crippen molar-refractivity contribution in [2.75, 3.05) is 7.05 Å². The third kappa shape index (κ3) is 2.22. The molecule has 1 nitrogen and oxygen atoms in total. The van der Waals surface area contributed by atoms with E-state index in [-0.39, 0.29) is 0 Å². The largest absolute Gasteiger partial charge is 0.317 e. The lowest BCUT2D eigenvalue weighted by Gasteiger charge is -2.19. The molecule has 2 atom stereocenters. The molecule has 12 heavy (non-hydrogen) atoms. The van der Waals surface area contributed by atoms with Crippen molar-refractivity contribution in [3.8, 4) is 0 Å². The van der Waals surface area contributed by atoms with E-state index in [2.05, 4.69) is 40.1 Å². The van der Waals surface area contributed by atoms with Gasteiger partial charge in [0, 0.05) is 6.04 Å². The van der Waals surface area contributed by atoms with Gasteiger partial charge in [-0.3, -0.25) is 0 Å². The normalized spacial score (nSPS) is 29.0. The molecule has 0 amide bonds. The summed E-state index contributed by atoms with van der Waals surface area (Å²) >= 11 is 0. The first-order valence-electron chi connectivity index (χ1n) is 5.14. The van der Waals surface area contributed by atoms with Crippen LogP contribution in [0.5, 0.6) is 0 Å². The molecular formula is C11H23N. The number of nitrogens with one attached hydrogen (secondary N) is 1. The Kier molecular flexibility index (Phi) is 2.82. The van der Waals surface area contributed by atoms with Gasteiger partial charge in [0.1, 0.15) is 0 Å². The molecule has 1 N–H and O–H groups in total. The van der Waals surface area contributed by atoms with Crippen molar-refractivity contribution < 1.29 is 0 Å². The molecule has 0 bridgehead atoms. The molecule has 0 aromatic heterocycles. The third-order valence-electron chi connectivity index (χ3n) is 3.17. The molecule has 72 valence electrons. The minimum Gasteiger partial charge on any atom is -0.317 e. The van der Waals surface area contributed by atoms with Crippen molar-refractivity contribution in [2.45, 2.75) is 46.6 Å². The van der Waals surface area contributed by atoms with Gasteiger partial charge in [-0.25, -0.2) is 0 Å². The smallest absolute Gasteiger partial charge is 0.0100 e. The van der Waals surface area contributed by atoms with E-state index in [0.29, 0.717) is 5.41 Å². The predicted octanol–water partition coefficient (Wildman–Crippen LogP) is 2.67. The van der Waals surface area contributed by atoms with Gasteiger partial charge in [-0.1, -0.05) is 27.7 Å². The SMILES string of the molecule is CNC(CC(C)C)C1CC1(C)C. The van der Waals surface area contributed by atoms with Crippen molar-refractivity contribution in [1.82, 2.24) is 5.32 Å². The molecule has 0 aliphatic heterocycles. The maximum atomic E-state index is 3.45. The van der Waals surface area contributed by atoms with E-state index in [9.17, 15) is 0 Å². The first-order valence-corrected chi connectivity index (χ1v) is 5.14. The van der Waals surface area contributed by atoms with E-state index in [1.54, 1.807) is 0 Å². The van der Waals surface area contributed by atoms with Gasteiger partial charge in [0.05, 0.1) is 0 Å². The average molecular weight is 169 g/mol. The van der Waals surface area contributed by atoms with Crippen molar-refractivity contribution in [2.24, 2.45) is 17.3 Å². The molecule has 1 fully saturated rings. The fraction of sp³-hybridized carbons (Fsp3) is 1.00. The second-order valence-electron chi connectivity index (χ2n) is 5.32. The maximum Gasteiger partial charge on any atom is 0.0100 e. The van der Waals surface area contributed by atoms with Crippen LogP contribution in [0.2, 0.25) is 0 Å². The van der Waals surface area contributed by atoms with Crippen LogP contribution < -0.4 is 5.32 Å². The summed E-state index contributed by atoms with van der Waals surface area (Å²) in [5.74, 6) is 1.74. The Labute approximate surface area is 76.9 Å². The van der Waals surface area contributed by atoms with E-state index >= 15 is 0 Å². The topological polar surface area (TPSA) is 12.0 Å². The molecule has 0 aromatic rings. The summed E-state index contributed by atoms with van der Waals surface area (Å²) in [5, 5.41) is 3.45. The number of hydrogen-bond donors (Lipinski definition) is 1. The second-order valence-corrected chi connectivity index (χ2v) is 5.32. The molecule has 1 rings (SSSR count). The van der Waals surface area contributed by atoms with Gasteiger partial charge in [-0.2, -0.15) is 0 Å². The fourth-order valence-corrected chi connectivity index (χ4v) is 2.19. The Hall–Kier alpha value is -0.0400. The predicted molar refractivity (Wildman–Crippen MR) is 54.2 cm³/mol. The second kappa shape index (κ2) is 3.37. The van der Waals surface area contributed by atoms with Crippen molar-refractivity contribution in [1.29, 1.82) is 0 Å². The quantitative estimate of drug-likeness (QED) is 0.682. The molecule has 0 aromatic carbocycles. The van der Waals surface area contributed by atoms with Gasteiger partial charge in [-0.05, 0) is 37.1 Å². The Morgan fingerprint density at radius 3 is 2.17 bits per heavy atom. The molecule has 1 saturated carbocycles. The van der Waals surface area contributed by atoms with Crippen LogP contribution in [0.4, 0.5) is 0 Å². The first kappa shape index (κ1) is 10.0. The van der Waals surface area contributed by atoms with Gasteiger partial charge in [0.25, 0.3) is 0 Å². The van der Waals surface area contributed by atoms with Crippen LogP contribution in [-0.2, 0) is 0 Å². The van der Waals surface area contributed by atoms with Gasteiger partial charge >= 0.3 is 0 Å². The molecule has 1 heteroatoms. The van der Waals surface area contributed by atoms with Gasteiger partial charge < -0.3 is 5.32 Å². The minimum atomic E-state index is 0.614. The monoisotopic (exact) mass is 169 g/mol. The van der Waals surface area contributed by atoms with E-state index in [1.165, 1.54) is 12.8 Å². The van der Waals surface area contributed by atoms with Crippen LogP contribution in [0.25, 0.3) is 0 Å². The van der Waals surface area contributed by atoms with Crippen molar-refractivity contribution >= 4 is 0 Å². The zero-order chi connectivity index (χ0) is 9.35.